The number of phenols is 1. The van der Waals surface area contributed by atoms with Gasteiger partial charge >= 0.3 is 0 Å². The first kappa shape index (κ1) is 14.4. The van der Waals surface area contributed by atoms with Crippen molar-refractivity contribution in [2.24, 2.45) is 0 Å². The molecule has 2 aromatic carbocycles. The van der Waals surface area contributed by atoms with Crippen LogP contribution in [0.1, 0.15) is 11.1 Å². The van der Waals surface area contributed by atoms with Crippen molar-refractivity contribution in [3.05, 3.63) is 59.7 Å². The number of hydrogen-bond donors (Lipinski definition) is 1. The number of ether oxygens (including phenoxy) is 1. The maximum absolute atomic E-state index is 9.77. The van der Waals surface area contributed by atoms with Gasteiger partial charge in [-0.1, -0.05) is 36.4 Å². The van der Waals surface area contributed by atoms with E-state index >= 15 is 0 Å². The lowest BCUT2D eigenvalue weighted by atomic mass is 10.1. The van der Waals surface area contributed by atoms with Gasteiger partial charge in [-0.25, -0.2) is 0 Å². The molecule has 106 valence electrons. The first-order valence-electron chi connectivity index (χ1n) is 6.77. The number of rotatable bonds is 6. The Balaban J connectivity index is 1.88. The molecule has 0 radical (unpaired) electrons. The van der Waals surface area contributed by atoms with Crippen molar-refractivity contribution < 1.29 is 9.84 Å². The zero-order chi connectivity index (χ0) is 14.4. The van der Waals surface area contributed by atoms with Gasteiger partial charge in [0.15, 0.2) is 11.5 Å². The molecular weight excluding hydrogens is 250 g/mol. The Morgan fingerprint density at radius 1 is 1.05 bits per heavy atom. The molecular formula is C17H21NO2. The maximum atomic E-state index is 9.77. The average Bonchev–Trinajstić information content (AvgIpc) is 2.46. The Kier molecular flexibility index (Phi) is 5.02. The Morgan fingerprint density at radius 3 is 2.45 bits per heavy atom. The molecule has 0 amide bonds. The molecule has 3 nitrogen and oxygen atoms in total. The quantitative estimate of drug-likeness (QED) is 0.876. The first-order chi connectivity index (χ1) is 9.69. The Hall–Kier alpha value is -2.00. The molecule has 0 aromatic heterocycles. The van der Waals surface area contributed by atoms with Crippen LogP contribution in [-0.4, -0.2) is 30.7 Å². The van der Waals surface area contributed by atoms with E-state index in [0.717, 1.165) is 25.1 Å². The van der Waals surface area contributed by atoms with Crippen molar-refractivity contribution in [2.45, 2.75) is 13.0 Å². The van der Waals surface area contributed by atoms with Crippen molar-refractivity contribution in [3.8, 4) is 11.5 Å². The molecule has 2 rings (SSSR count). The van der Waals surface area contributed by atoms with E-state index in [0.29, 0.717) is 5.75 Å². The number of phenolic OH excluding ortho intramolecular Hbond substituents is 1. The summed E-state index contributed by atoms with van der Waals surface area (Å²) in [5.74, 6) is 0.710. The smallest absolute Gasteiger partial charge is 0.160 e. The van der Waals surface area contributed by atoms with Crippen molar-refractivity contribution in [3.63, 3.8) is 0 Å². The summed E-state index contributed by atoms with van der Waals surface area (Å²) in [6.45, 7) is 1.79. The summed E-state index contributed by atoms with van der Waals surface area (Å²) >= 11 is 0. The highest BCUT2D eigenvalue weighted by Gasteiger charge is 2.05. The Bertz CT molecular complexity index is 540. The minimum absolute atomic E-state index is 0.196. The molecule has 0 aliphatic carbocycles. The maximum Gasteiger partial charge on any atom is 0.160 e. The van der Waals surface area contributed by atoms with E-state index in [1.165, 1.54) is 5.56 Å². The van der Waals surface area contributed by atoms with Crippen molar-refractivity contribution in [1.82, 2.24) is 4.90 Å². The number of likely N-dealkylation sites (N-methyl/N-ethyl adjacent to an activating group) is 1. The van der Waals surface area contributed by atoms with Crippen LogP contribution in [0.15, 0.2) is 48.5 Å². The van der Waals surface area contributed by atoms with Crippen LogP contribution < -0.4 is 4.74 Å². The third kappa shape index (κ3) is 4.00. The van der Waals surface area contributed by atoms with Gasteiger partial charge in [-0.3, -0.25) is 0 Å². The van der Waals surface area contributed by atoms with Crippen molar-refractivity contribution in [1.29, 1.82) is 0 Å². The lowest BCUT2D eigenvalue weighted by molar-refractivity contribution is 0.329. The lowest BCUT2D eigenvalue weighted by Crippen LogP contribution is -2.20. The molecule has 0 atom stereocenters. The average molecular weight is 271 g/mol. The zero-order valence-electron chi connectivity index (χ0n) is 12.0. The van der Waals surface area contributed by atoms with Crippen molar-refractivity contribution >= 4 is 0 Å². The standard InChI is InChI=1S/C17H21NO2/c1-18(11-10-14-6-4-3-5-7-14)13-15-8-9-17(20-2)16(19)12-15/h3-9,12,19H,10-11,13H2,1-2H3. The van der Waals surface area contributed by atoms with Crippen LogP contribution in [-0.2, 0) is 13.0 Å². The largest absolute Gasteiger partial charge is 0.504 e. The van der Waals surface area contributed by atoms with E-state index in [1.807, 2.05) is 12.1 Å². The molecule has 0 saturated carbocycles. The molecule has 0 aliphatic heterocycles. The fourth-order valence-corrected chi connectivity index (χ4v) is 2.19. The summed E-state index contributed by atoms with van der Waals surface area (Å²) in [5, 5.41) is 9.77. The molecule has 0 fully saturated rings. The SMILES string of the molecule is COc1ccc(CN(C)CCc2ccccc2)cc1O. The Morgan fingerprint density at radius 2 is 1.80 bits per heavy atom. The fourth-order valence-electron chi connectivity index (χ4n) is 2.19. The van der Waals surface area contributed by atoms with Gasteiger partial charge < -0.3 is 14.7 Å². The number of hydrogen-bond acceptors (Lipinski definition) is 3. The van der Waals surface area contributed by atoms with Gasteiger partial charge in [0.1, 0.15) is 0 Å². The second-order valence-corrected chi connectivity index (χ2v) is 4.98. The molecule has 0 unspecified atom stereocenters. The molecule has 20 heavy (non-hydrogen) atoms. The number of nitrogens with zero attached hydrogens (tertiary/aromatic N) is 1. The second kappa shape index (κ2) is 6.96. The molecule has 0 bridgehead atoms. The van der Waals surface area contributed by atoms with E-state index in [-0.39, 0.29) is 5.75 Å². The van der Waals surface area contributed by atoms with Crippen LogP contribution in [0.25, 0.3) is 0 Å². The molecule has 0 aliphatic rings. The van der Waals surface area contributed by atoms with Gasteiger partial charge in [-0.2, -0.15) is 0 Å². The van der Waals surface area contributed by atoms with Crippen LogP contribution in [0.3, 0.4) is 0 Å². The van der Waals surface area contributed by atoms with Crippen LogP contribution in [0.5, 0.6) is 11.5 Å². The van der Waals surface area contributed by atoms with Gasteiger partial charge in [0, 0.05) is 13.1 Å². The molecule has 2 aromatic rings. The minimum atomic E-state index is 0.196. The van der Waals surface area contributed by atoms with Crippen LogP contribution in [0.4, 0.5) is 0 Å². The molecule has 0 saturated heterocycles. The van der Waals surface area contributed by atoms with E-state index in [1.54, 1.807) is 19.2 Å². The van der Waals surface area contributed by atoms with E-state index in [2.05, 4.69) is 36.2 Å². The van der Waals surface area contributed by atoms with Gasteiger partial charge in [-0.05, 0) is 36.7 Å². The summed E-state index contributed by atoms with van der Waals surface area (Å²) < 4.78 is 5.05. The predicted octanol–water partition coefficient (Wildman–Crippen LogP) is 3.08. The van der Waals surface area contributed by atoms with Gasteiger partial charge in [0.25, 0.3) is 0 Å². The van der Waals surface area contributed by atoms with E-state index < -0.39 is 0 Å². The van der Waals surface area contributed by atoms with Gasteiger partial charge in [-0.15, -0.1) is 0 Å². The second-order valence-electron chi connectivity index (χ2n) is 4.98. The van der Waals surface area contributed by atoms with Crippen LogP contribution in [0.2, 0.25) is 0 Å². The summed E-state index contributed by atoms with van der Waals surface area (Å²) in [7, 11) is 3.64. The highest BCUT2D eigenvalue weighted by atomic mass is 16.5. The normalized spacial score (nSPS) is 10.8. The number of benzene rings is 2. The molecule has 0 spiro atoms. The lowest BCUT2D eigenvalue weighted by Gasteiger charge is -2.17. The van der Waals surface area contributed by atoms with E-state index in [4.69, 9.17) is 4.74 Å². The van der Waals surface area contributed by atoms with Gasteiger partial charge in [0.05, 0.1) is 7.11 Å². The number of methoxy groups -OCH3 is 1. The topological polar surface area (TPSA) is 32.7 Å². The minimum Gasteiger partial charge on any atom is -0.504 e. The van der Waals surface area contributed by atoms with Crippen LogP contribution in [0, 0.1) is 0 Å². The summed E-state index contributed by atoms with van der Waals surface area (Å²) in [6, 6.07) is 16.0. The third-order valence-electron chi connectivity index (χ3n) is 3.32. The van der Waals surface area contributed by atoms with Crippen LogP contribution >= 0.6 is 0 Å². The zero-order valence-corrected chi connectivity index (χ0v) is 12.0. The Labute approximate surface area is 120 Å². The molecule has 1 N–H and O–H groups in total. The van der Waals surface area contributed by atoms with E-state index in [9.17, 15) is 5.11 Å². The highest BCUT2D eigenvalue weighted by Crippen LogP contribution is 2.26. The predicted molar refractivity (Wildman–Crippen MR) is 81.1 cm³/mol. The van der Waals surface area contributed by atoms with Crippen molar-refractivity contribution in [2.75, 3.05) is 20.7 Å². The summed E-state index contributed by atoms with van der Waals surface area (Å²) in [4.78, 5) is 2.24. The third-order valence-corrected chi connectivity index (χ3v) is 3.32. The number of aromatic hydroxyl groups is 1. The summed E-state index contributed by atoms with van der Waals surface area (Å²) in [5.41, 5.74) is 2.43. The molecule has 0 heterocycles. The fraction of sp³-hybridized carbons (Fsp3) is 0.294. The summed E-state index contributed by atoms with van der Waals surface area (Å²) in [6.07, 6.45) is 1.03. The molecule has 3 heteroatoms. The highest BCUT2D eigenvalue weighted by molar-refractivity contribution is 5.41. The van der Waals surface area contributed by atoms with Gasteiger partial charge in [0.2, 0.25) is 0 Å². The first-order valence-corrected chi connectivity index (χ1v) is 6.77. The monoisotopic (exact) mass is 271 g/mol.